The molecule has 3 N–H and O–H groups in total. The van der Waals surface area contributed by atoms with E-state index in [1.54, 1.807) is 31.4 Å². The molecule has 0 saturated heterocycles. The van der Waals surface area contributed by atoms with Crippen molar-refractivity contribution in [2.75, 3.05) is 20.3 Å². The van der Waals surface area contributed by atoms with E-state index in [4.69, 9.17) is 10.5 Å². The van der Waals surface area contributed by atoms with Crippen molar-refractivity contribution in [3.05, 3.63) is 29.8 Å². The zero-order valence-corrected chi connectivity index (χ0v) is 13.2. The van der Waals surface area contributed by atoms with Crippen LogP contribution in [0.4, 0.5) is 0 Å². The zero-order chi connectivity index (χ0) is 15.2. The number of nitrogens with one attached hydrogen (secondary N) is 1. The fourth-order valence-corrected chi connectivity index (χ4v) is 2.89. The maximum Gasteiger partial charge on any atom is 0.240 e. The van der Waals surface area contributed by atoms with Crippen LogP contribution in [0.3, 0.4) is 0 Å². The third kappa shape index (κ3) is 5.20. The summed E-state index contributed by atoms with van der Waals surface area (Å²) in [5.41, 5.74) is 6.25. The van der Waals surface area contributed by atoms with Gasteiger partial charge in [0.05, 0.1) is 4.90 Å². The molecular formula is C14H24N2O3S. The van der Waals surface area contributed by atoms with Crippen LogP contribution in [-0.4, -0.2) is 28.7 Å². The third-order valence-corrected chi connectivity index (χ3v) is 4.61. The molecule has 114 valence electrons. The lowest BCUT2D eigenvalue weighted by atomic mass is 9.90. The summed E-state index contributed by atoms with van der Waals surface area (Å²) in [4.78, 5) is 0.261. The van der Waals surface area contributed by atoms with E-state index in [1.807, 2.05) is 13.8 Å². The molecule has 0 atom stereocenters. The van der Waals surface area contributed by atoms with Crippen LogP contribution in [-0.2, 0) is 21.3 Å². The number of methoxy groups -OCH3 is 1. The molecule has 0 saturated carbocycles. The van der Waals surface area contributed by atoms with Gasteiger partial charge in [-0.05, 0) is 29.5 Å². The SMILES string of the molecule is COCCC(C)(C)CNS(=O)(=O)c1ccc(CN)cc1. The summed E-state index contributed by atoms with van der Waals surface area (Å²) >= 11 is 0. The molecule has 0 unspecified atom stereocenters. The van der Waals surface area contributed by atoms with Crippen molar-refractivity contribution in [2.45, 2.75) is 31.7 Å². The summed E-state index contributed by atoms with van der Waals surface area (Å²) in [7, 11) is -1.84. The molecule has 0 aromatic heterocycles. The highest BCUT2D eigenvalue weighted by Crippen LogP contribution is 2.20. The van der Waals surface area contributed by atoms with Crippen LogP contribution in [0.5, 0.6) is 0 Å². The van der Waals surface area contributed by atoms with E-state index in [1.165, 1.54) is 0 Å². The fourth-order valence-electron chi connectivity index (χ4n) is 1.65. The summed E-state index contributed by atoms with van der Waals surface area (Å²) in [5.74, 6) is 0. The predicted molar refractivity (Wildman–Crippen MR) is 79.8 cm³/mol. The Morgan fingerprint density at radius 1 is 1.25 bits per heavy atom. The molecule has 0 heterocycles. The number of benzene rings is 1. The second-order valence-electron chi connectivity index (χ2n) is 5.58. The smallest absolute Gasteiger partial charge is 0.240 e. The van der Waals surface area contributed by atoms with Gasteiger partial charge in [0.2, 0.25) is 10.0 Å². The van der Waals surface area contributed by atoms with Crippen molar-refractivity contribution in [2.24, 2.45) is 11.1 Å². The number of nitrogens with two attached hydrogens (primary N) is 1. The molecule has 0 amide bonds. The molecule has 0 aliphatic heterocycles. The van der Waals surface area contributed by atoms with Gasteiger partial charge in [0.15, 0.2) is 0 Å². The van der Waals surface area contributed by atoms with Crippen LogP contribution in [0.25, 0.3) is 0 Å². The molecule has 5 nitrogen and oxygen atoms in total. The average molecular weight is 300 g/mol. The van der Waals surface area contributed by atoms with Gasteiger partial charge in [0.25, 0.3) is 0 Å². The number of hydrogen-bond donors (Lipinski definition) is 2. The maximum atomic E-state index is 12.2. The van der Waals surface area contributed by atoms with Gasteiger partial charge in [-0.25, -0.2) is 13.1 Å². The Morgan fingerprint density at radius 3 is 2.35 bits per heavy atom. The summed E-state index contributed by atoms with van der Waals surface area (Å²) in [6, 6.07) is 6.61. The van der Waals surface area contributed by atoms with Crippen molar-refractivity contribution in [3.63, 3.8) is 0 Å². The highest BCUT2D eigenvalue weighted by atomic mass is 32.2. The first-order chi connectivity index (χ1) is 9.30. The lowest BCUT2D eigenvalue weighted by molar-refractivity contribution is 0.153. The second kappa shape index (κ2) is 7.17. The van der Waals surface area contributed by atoms with E-state index >= 15 is 0 Å². The van der Waals surface area contributed by atoms with Gasteiger partial charge < -0.3 is 10.5 Å². The van der Waals surface area contributed by atoms with Crippen molar-refractivity contribution < 1.29 is 13.2 Å². The Hall–Kier alpha value is -0.950. The van der Waals surface area contributed by atoms with Crippen molar-refractivity contribution >= 4 is 10.0 Å². The van der Waals surface area contributed by atoms with E-state index in [9.17, 15) is 8.42 Å². The zero-order valence-electron chi connectivity index (χ0n) is 12.3. The number of rotatable bonds is 8. The van der Waals surface area contributed by atoms with Gasteiger partial charge in [-0.15, -0.1) is 0 Å². The second-order valence-corrected chi connectivity index (χ2v) is 7.35. The molecule has 0 aliphatic rings. The van der Waals surface area contributed by atoms with Crippen LogP contribution in [0.15, 0.2) is 29.2 Å². The minimum absolute atomic E-state index is 0.153. The van der Waals surface area contributed by atoms with Gasteiger partial charge in [-0.3, -0.25) is 0 Å². The Morgan fingerprint density at radius 2 is 1.85 bits per heavy atom. The first-order valence-electron chi connectivity index (χ1n) is 6.58. The standard InChI is InChI=1S/C14H24N2O3S/c1-14(2,8-9-19-3)11-16-20(17,18)13-6-4-12(10-15)5-7-13/h4-7,16H,8-11,15H2,1-3H3. The van der Waals surface area contributed by atoms with Gasteiger partial charge in [-0.1, -0.05) is 26.0 Å². The van der Waals surface area contributed by atoms with Gasteiger partial charge >= 0.3 is 0 Å². The number of hydrogen-bond acceptors (Lipinski definition) is 4. The predicted octanol–water partition coefficient (Wildman–Crippen LogP) is 1.49. The van der Waals surface area contributed by atoms with E-state index < -0.39 is 10.0 Å². The van der Waals surface area contributed by atoms with Gasteiger partial charge in [0, 0.05) is 26.8 Å². The van der Waals surface area contributed by atoms with E-state index in [2.05, 4.69) is 4.72 Å². The first kappa shape index (κ1) is 17.1. The molecule has 6 heteroatoms. The lowest BCUT2D eigenvalue weighted by Gasteiger charge is -2.24. The van der Waals surface area contributed by atoms with E-state index in [0.29, 0.717) is 19.7 Å². The molecule has 1 aromatic rings. The quantitative estimate of drug-likeness (QED) is 0.762. The Bertz CT molecular complexity index is 510. The third-order valence-electron chi connectivity index (χ3n) is 3.19. The Balaban J connectivity index is 2.69. The topological polar surface area (TPSA) is 81.4 Å². The minimum atomic E-state index is -3.48. The minimum Gasteiger partial charge on any atom is -0.385 e. The highest BCUT2D eigenvalue weighted by Gasteiger charge is 2.22. The molecule has 0 radical (unpaired) electrons. The van der Waals surface area contributed by atoms with Gasteiger partial charge in [-0.2, -0.15) is 0 Å². The average Bonchev–Trinajstić information content (AvgIpc) is 2.43. The highest BCUT2D eigenvalue weighted by molar-refractivity contribution is 7.89. The first-order valence-corrected chi connectivity index (χ1v) is 8.07. The lowest BCUT2D eigenvalue weighted by Crippen LogP contribution is -2.34. The van der Waals surface area contributed by atoms with Crippen LogP contribution in [0.1, 0.15) is 25.8 Å². The van der Waals surface area contributed by atoms with Crippen molar-refractivity contribution in [1.29, 1.82) is 0 Å². The largest absolute Gasteiger partial charge is 0.385 e. The molecule has 1 rings (SSSR count). The Labute approximate surface area is 121 Å². The van der Waals surface area contributed by atoms with Crippen molar-refractivity contribution in [1.82, 2.24) is 4.72 Å². The summed E-state index contributed by atoms with van der Waals surface area (Å²) < 4.78 is 32.0. The monoisotopic (exact) mass is 300 g/mol. The van der Waals surface area contributed by atoms with Crippen LogP contribution >= 0.6 is 0 Å². The molecule has 1 aromatic carbocycles. The molecule has 0 bridgehead atoms. The molecule has 0 fully saturated rings. The molecular weight excluding hydrogens is 276 g/mol. The van der Waals surface area contributed by atoms with Crippen LogP contribution in [0.2, 0.25) is 0 Å². The molecule has 0 aliphatic carbocycles. The normalized spacial score (nSPS) is 12.6. The van der Waals surface area contributed by atoms with E-state index in [0.717, 1.165) is 12.0 Å². The van der Waals surface area contributed by atoms with E-state index in [-0.39, 0.29) is 10.3 Å². The van der Waals surface area contributed by atoms with Gasteiger partial charge in [0.1, 0.15) is 0 Å². The molecule has 0 spiro atoms. The molecule has 20 heavy (non-hydrogen) atoms. The maximum absolute atomic E-state index is 12.2. The number of ether oxygens (including phenoxy) is 1. The summed E-state index contributed by atoms with van der Waals surface area (Å²) in [6.45, 7) is 5.40. The number of sulfonamides is 1. The summed E-state index contributed by atoms with van der Waals surface area (Å²) in [5, 5.41) is 0. The fraction of sp³-hybridized carbons (Fsp3) is 0.571. The van der Waals surface area contributed by atoms with Crippen molar-refractivity contribution in [3.8, 4) is 0 Å². The summed E-state index contributed by atoms with van der Waals surface area (Å²) in [6.07, 6.45) is 0.790. The Kier molecular flexibility index (Phi) is 6.13. The van der Waals surface area contributed by atoms with Crippen LogP contribution < -0.4 is 10.5 Å². The van der Waals surface area contributed by atoms with Crippen LogP contribution in [0, 0.1) is 5.41 Å².